The van der Waals surface area contributed by atoms with Crippen molar-refractivity contribution in [3.8, 4) is 5.75 Å². The first-order valence-corrected chi connectivity index (χ1v) is 11.6. The Hall–Kier alpha value is -1.71. The topological polar surface area (TPSA) is 76.2 Å². The third-order valence-electron chi connectivity index (χ3n) is 5.19. The summed E-state index contributed by atoms with van der Waals surface area (Å²) < 4.78 is 46.8. The molecule has 0 saturated carbocycles. The van der Waals surface area contributed by atoms with Crippen molar-refractivity contribution in [2.24, 2.45) is 0 Å². The van der Waals surface area contributed by atoms with Crippen molar-refractivity contribution < 1.29 is 27.1 Å². The average Bonchev–Trinajstić information content (AvgIpc) is 2.67. The van der Waals surface area contributed by atoms with Gasteiger partial charge in [-0.2, -0.15) is 0 Å². The molecule has 0 aromatic heterocycles. The second kappa shape index (κ2) is 9.19. The molecule has 2 heterocycles. The molecule has 0 bridgehead atoms. The van der Waals surface area contributed by atoms with Crippen molar-refractivity contribution >= 4 is 15.7 Å². The molecule has 0 N–H and O–H groups in total. The summed E-state index contributed by atoms with van der Waals surface area (Å²) in [6.45, 7) is 2.89. The Kier molecular flexibility index (Phi) is 6.90. The van der Waals surface area contributed by atoms with Crippen LogP contribution in [-0.2, 0) is 19.4 Å². The molecule has 1 amide bonds. The molecule has 1 unspecified atom stereocenters. The second-order valence-corrected chi connectivity index (χ2v) is 9.71. The van der Waals surface area contributed by atoms with E-state index in [0.717, 1.165) is 25.9 Å². The van der Waals surface area contributed by atoms with Gasteiger partial charge in [-0.25, -0.2) is 12.8 Å². The molecule has 1 aromatic carbocycles. The fourth-order valence-corrected chi connectivity index (χ4v) is 4.16. The van der Waals surface area contributed by atoms with Gasteiger partial charge in [0.1, 0.15) is 40.7 Å². The molecule has 7 nitrogen and oxygen atoms in total. The van der Waals surface area contributed by atoms with Gasteiger partial charge in [0.15, 0.2) is 0 Å². The predicted octanol–water partition coefficient (Wildman–Crippen LogP) is 0.941. The number of carbonyl (C=O) groups excluding carboxylic acids is 1. The Morgan fingerprint density at radius 1 is 1.21 bits per heavy atom. The van der Waals surface area contributed by atoms with Crippen molar-refractivity contribution in [3.63, 3.8) is 0 Å². The number of ether oxygens (including phenoxy) is 2. The number of carbonyl (C=O) groups is 1. The van der Waals surface area contributed by atoms with E-state index < -0.39 is 9.84 Å². The average molecular weight is 414 g/mol. The minimum absolute atomic E-state index is 0.0207. The molecule has 28 heavy (non-hydrogen) atoms. The molecule has 2 fully saturated rings. The molecule has 1 atom stereocenters. The molecule has 2 aliphatic rings. The Morgan fingerprint density at radius 2 is 1.89 bits per heavy atom. The molecule has 2 aliphatic heterocycles. The third-order valence-corrected chi connectivity index (χ3v) is 6.11. The molecule has 0 aliphatic carbocycles. The lowest BCUT2D eigenvalue weighted by atomic mass is 10.0. The van der Waals surface area contributed by atoms with Gasteiger partial charge in [-0.1, -0.05) is 0 Å². The predicted molar refractivity (Wildman–Crippen MR) is 103 cm³/mol. The van der Waals surface area contributed by atoms with Crippen molar-refractivity contribution in [2.75, 3.05) is 51.4 Å². The van der Waals surface area contributed by atoms with Gasteiger partial charge in [-0.05, 0) is 37.1 Å². The van der Waals surface area contributed by atoms with Crippen LogP contribution in [0.3, 0.4) is 0 Å². The lowest BCUT2D eigenvalue weighted by Gasteiger charge is -2.42. The summed E-state index contributed by atoms with van der Waals surface area (Å²) in [4.78, 5) is 16.3. The zero-order chi connectivity index (χ0) is 20.1. The molecule has 2 saturated heterocycles. The molecular weight excluding hydrogens is 387 g/mol. The molecule has 0 spiro atoms. The number of hydrogen-bond acceptors (Lipinski definition) is 6. The minimum atomic E-state index is -2.96. The highest BCUT2D eigenvalue weighted by atomic mass is 32.2. The molecule has 0 radical (unpaired) electrons. The summed E-state index contributed by atoms with van der Waals surface area (Å²) in [7, 11) is -2.96. The van der Waals surface area contributed by atoms with E-state index in [2.05, 4.69) is 4.90 Å². The highest BCUT2D eigenvalue weighted by molar-refractivity contribution is 7.90. The van der Waals surface area contributed by atoms with Gasteiger partial charge in [0.05, 0.1) is 12.3 Å². The van der Waals surface area contributed by atoms with Crippen molar-refractivity contribution in [2.45, 2.75) is 25.0 Å². The zero-order valence-corrected chi connectivity index (χ0v) is 16.9. The van der Waals surface area contributed by atoms with E-state index in [1.165, 1.54) is 18.4 Å². The first kappa shape index (κ1) is 21.0. The Morgan fingerprint density at radius 3 is 2.54 bits per heavy atom. The van der Waals surface area contributed by atoms with Gasteiger partial charge in [-0.15, -0.1) is 0 Å². The van der Waals surface area contributed by atoms with E-state index in [4.69, 9.17) is 9.47 Å². The summed E-state index contributed by atoms with van der Waals surface area (Å²) in [6.07, 6.45) is 2.66. The van der Waals surface area contributed by atoms with Crippen LogP contribution < -0.4 is 4.74 Å². The lowest BCUT2D eigenvalue weighted by Crippen LogP contribution is -2.55. The van der Waals surface area contributed by atoms with Gasteiger partial charge in [-0.3, -0.25) is 4.79 Å². The van der Waals surface area contributed by atoms with E-state index in [1.807, 2.05) is 4.90 Å². The van der Waals surface area contributed by atoms with Crippen molar-refractivity contribution in [1.29, 1.82) is 0 Å². The van der Waals surface area contributed by atoms with Crippen LogP contribution in [0.4, 0.5) is 4.39 Å². The van der Waals surface area contributed by atoms with Crippen LogP contribution in [0, 0.1) is 5.82 Å². The van der Waals surface area contributed by atoms with E-state index in [9.17, 15) is 17.6 Å². The maximum atomic E-state index is 13.0. The number of morpholine rings is 1. The van der Waals surface area contributed by atoms with Gasteiger partial charge >= 0.3 is 0 Å². The zero-order valence-electron chi connectivity index (χ0n) is 16.0. The number of rotatable bonds is 7. The number of hydrogen-bond donors (Lipinski definition) is 0. The highest BCUT2D eigenvalue weighted by Gasteiger charge is 2.33. The Labute approximate surface area is 165 Å². The molecule has 9 heteroatoms. The van der Waals surface area contributed by atoms with Gasteiger partial charge in [0.25, 0.3) is 0 Å². The van der Waals surface area contributed by atoms with Crippen LogP contribution in [0.15, 0.2) is 24.3 Å². The largest absolute Gasteiger partial charge is 0.491 e. The van der Waals surface area contributed by atoms with Crippen molar-refractivity contribution in [1.82, 2.24) is 9.80 Å². The lowest BCUT2D eigenvalue weighted by molar-refractivity contribution is -0.155. The van der Waals surface area contributed by atoms with Gasteiger partial charge < -0.3 is 19.3 Å². The fraction of sp³-hybridized carbons (Fsp3) is 0.632. The monoisotopic (exact) mass is 414 g/mol. The summed E-state index contributed by atoms with van der Waals surface area (Å²) >= 11 is 0. The normalized spacial score (nSPS) is 22.4. The quantitative estimate of drug-likeness (QED) is 0.661. The smallest absolute Gasteiger partial charge is 0.248 e. The van der Waals surface area contributed by atoms with E-state index in [1.54, 1.807) is 12.1 Å². The first-order valence-electron chi connectivity index (χ1n) is 9.50. The molecular formula is C19H27FN2O5S. The standard InChI is InChI=1S/C19H27FN2O5S/c1-28(24,25)11-10-21-8-6-16(7-9-21)22-12-18(27-14-19(22)23)13-26-17-4-2-15(20)3-5-17/h2-5,16,18H,6-14H2,1H3. The number of benzene rings is 1. The number of halogens is 1. The van der Waals surface area contributed by atoms with Crippen LogP contribution in [0.25, 0.3) is 0 Å². The van der Waals surface area contributed by atoms with Crippen LogP contribution in [-0.4, -0.2) is 87.7 Å². The molecule has 3 rings (SSSR count). The number of sulfone groups is 1. The highest BCUT2D eigenvalue weighted by Crippen LogP contribution is 2.21. The van der Waals surface area contributed by atoms with E-state index >= 15 is 0 Å². The number of likely N-dealkylation sites (tertiary alicyclic amines) is 1. The van der Waals surface area contributed by atoms with Crippen LogP contribution in [0.5, 0.6) is 5.75 Å². The van der Waals surface area contributed by atoms with Crippen LogP contribution in [0.1, 0.15) is 12.8 Å². The van der Waals surface area contributed by atoms with Gasteiger partial charge in [0, 0.05) is 31.9 Å². The maximum Gasteiger partial charge on any atom is 0.248 e. The van der Waals surface area contributed by atoms with E-state index in [0.29, 0.717) is 25.4 Å². The Balaban J connectivity index is 1.47. The first-order chi connectivity index (χ1) is 13.3. The summed E-state index contributed by atoms with van der Waals surface area (Å²) in [5.74, 6) is 0.387. The van der Waals surface area contributed by atoms with Crippen molar-refractivity contribution in [3.05, 3.63) is 30.1 Å². The summed E-state index contributed by atoms with van der Waals surface area (Å²) in [5, 5.41) is 0. The minimum Gasteiger partial charge on any atom is -0.491 e. The maximum absolute atomic E-state index is 13.0. The van der Waals surface area contributed by atoms with Crippen LogP contribution >= 0.6 is 0 Å². The second-order valence-electron chi connectivity index (χ2n) is 7.45. The Bertz CT molecular complexity index is 763. The van der Waals surface area contributed by atoms with Crippen LogP contribution in [0.2, 0.25) is 0 Å². The molecule has 156 valence electrons. The molecule has 1 aromatic rings. The van der Waals surface area contributed by atoms with E-state index in [-0.39, 0.29) is 36.2 Å². The SMILES string of the molecule is CS(=O)(=O)CCN1CCC(N2CC(COc3ccc(F)cc3)OCC2=O)CC1. The number of amides is 1. The third kappa shape index (κ3) is 6.15. The fourth-order valence-electron chi connectivity index (χ4n) is 3.57. The number of piperidine rings is 1. The summed E-state index contributed by atoms with van der Waals surface area (Å²) in [5.41, 5.74) is 0. The number of nitrogens with zero attached hydrogens (tertiary/aromatic N) is 2. The van der Waals surface area contributed by atoms with Gasteiger partial charge in [0.2, 0.25) is 5.91 Å². The summed E-state index contributed by atoms with van der Waals surface area (Å²) in [6, 6.07) is 5.94.